The summed E-state index contributed by atoms with van der Waals surface area (Å²) in [6, 6.07) is 17.8. The van der Waals surface area contributed by atoms with Gasteiger partial charge in [-0.15, -0.1) is 0 Å². The molecule has 0 aliphatic carbocycles. The molecule has 0 bridgehead atoms. The highest BCUT2D eigenvalue weighted by Gasteiger charge is 2.15. The van der Waals surface area contributed by atoms with Gasteiger partial charge < -0.3 is 5.32 Å². The van der Waals surface area contributed by atoms with Crippen molar-refractivity contribution in [2.45, 2.75) is 38.6 Å². The van der Waals surface area contributed by atoms with Crippen molar-refractivity contribution >= 4 is 15.9 Å². The van der Waals surface area contributed by atoms with Crippen LogP contribution in [0.15, 0.2) is 53.0 Å². The standard InChI is InChI=1S/C19H24BrN/c1-19(2,3)16-11-9-14(10-12-16)18(21-4)13-15-7-5-6-8-17(15)20/h5-12,18,21H,13H2,1-4H3. The third-order valence-corrected chi connectivity index (χ3v) is 4.68. The maximum Gasteiger partial charge on any atom is 0.0358 e. The zero-order valence-corrected chi connectivity index (χ0v) is 14.9. The summed E-state index contributed by atoms with van der Waals surface area (Å²) in [4.78, 5) is 0. The van der Waals surface area contributed by atoms with Crippen LogP contribution in [0.1, 0.15) is 43.5 Å². The molecule has 1 nitrogen and oxygen atoms in total. The average Bonchev–Trinajstić information content (AvgIpc) is 2.46. The zero-order chi connectivity index (χ0) is 15.5. The minimum absolute atomic E-state index is 0.204. The van der Waals surface area contributed by atoms with Crippen molar-refractivity contribution in [2.75, 3.05) is 7.05 Å². The second kappa shape index (κ2) is 6.76. The van der Waals surface area contributed by atoms with E-state index in [4.69, 9.17) is 0 Å². The summed E-state index contributed by atoms with van der Waals surface area (Å²) in [6.07, 6.45) is 0.979. The topological polar surface area (TPSA) is 12.0 Å². The molecule has 0 heterocycles. The second-order valence-corrected chi connectivity index (χ2v) is 7.36. The van der Waals surface area contributed by atoms with Crippen LogP contribution in [0.25, 0.3) is 0 Å². The Kier molecular flexibility index (Phi) is 5.23. The van der Waals surface area contributed by atoms with Gasteiger partial charge in [-0.1, -0.05) is 79.2 Å². The van der Waals surface area contributed by atoms with Crippen LogP contribution in [0.3, 0.4) is 0 Å². The van der Waals surface area contributed by atoms with Crippen molar-refractivity contribution < 1.29 is 0 Å². The minimum atomic E-state index is 0.204. The lowest BCUT2D eigenvalue weighted by molar-refractivity contribution is 0.579. The van der Waals surface area contributed by atoms with Crippen LogP contribution in [-0.4, -0.2) is 7.05 Å². The van der Waals surface area contributed by atoms with E-state index in [1.165, 1.54) is 21.2 Å². The Hall–Kier alpha value is -1.12. The van der Waals surface area contributed by atoms with Crippen LogP contribution in [0.4, 0.5) is 0 Å². The molecule has 0 aromatic heterocycles. The lowest BCUT2D eigenvalue weighted by Crippen LogP contribution is -2.19. The van der Waals surface area contributed by atoms with E-state index in [2.05, 4.69) is 90.5 Å². The third kappa shape index (κ3) is 4.18. The molecular weight excluding hydrogens is 322 g/mol. The van der Waals surface area contributed by atoms with Crippen molar-refractivity contribution in [1.29, 1.82) is 0 Å². The SMILES string of the molecule is CNC(Cc1ccccc1Br)c1ccc(C(C)(C)C)cc1. The predicted molar refractivity (Wildman–Crippen MR) is 94.8 cm³/mol. The lowest BCUT2D eigenvalue weighted by atomic mass is 9.86. The van der Waals surface area contributed by atoms with Gasteiger partial charge in [0.2, 0.25) is 0 Å². The van der Waals surface area contributed by atoms with Crippen LogP contribution in [-0.2, 0) is 11.8 Å². The highest BCUT2D eigenvalue weighted by molar-refractivity contribution is 9.10. The van der Waals surface area contributed by atoms with Gasteiger partial charge in [0.05, 0.1) is 0 Å². The molecule has 112 valence electrons. The Bertz CT molecular complexity index is 581. The van der Waals surface area contributed by atoms with Gasteiger partial charge >= 0.3 is 0 Å². The van der Waals surface area contributed by atoms with Gasteiger partial charge in [0.15, 0.2) is 0 Å². The van der Waals surface area contributed by atoms with Crippen LogP contribution in [0, 0.1) is 0 Å². The van der Waals surface area contributed by atoms with Crippen molar-refractivity contribution in [3.8, 4) is 0 Å². The minimum Gasteiger partial charge on any atom is -0.313 e. The molecule has 0 aliphatic rings. The fourth-order valence-corrected chi connectivity index (χ4v) is 2.93. The summed E-state index contributed by atoms with van der Waals surface area (Å²) in [5.74, 6) is 0. The van der Waals surface area contributed by atoms with E-state index in [1.807, 2.05) is 7.05 Å². The summed E-state index contributed by atoms with van der Waals surface area (Å²) in [5, 5.41) is 3.43. The summed E-state index contributed by atoms with van der Waals surface area (Å²) in [6.45, 7) is 6.75. The van der Waals surface area contributed by atoms with Crippen LogP contribution in [0.5, 0.6) is 0 Å². The molecule has 0 saturated heterocycles. The largest absolute Gasteiger partial charge is 0.313 e. The smallest absolute Gasteiger partial charge is 0.0358 e. The van der Waals surface area contributed by atoms with Gasteiger partial charge in [0.25, 0.3) is 0 Å². The van der Waals surface area contributed by atoms with E-state index >= 15 is 0 Å². The van der Waals surface area contributed by atoms with E-state index in [1.54, 1.807) is 0 Å². The first-order valence-electron chi connectivity index (χ1n) is 7.43. The summed E-state index contributed by atoms with van der Waals surface area (Å²) < 4.78 is 1.18. The van der Waals surface area contributed by atoms with E-state index in [-0.39, 0.29) is 5.41 Å². The molecule has 0 amide bonds. The summed E-state index contributed by atoms with van der Waals surface area (Å²) in [7, 11) is 2.03. The maximum atomic E-state index is 3.64. The number of likely N-dealkylation sites (N-methyl/N-ethyl adjacent to an activating group) is 1. The average molecular weight is 346 g/mol. The fourth-order valence-electron chi connectivity index (χ4n) is 2.49. The van der Waals surface area contributed by atoms with Crippen molar-refractivity contribution in [1.82, 2.24) is 5.32 Å². The molecular formula is C19H24BrN. The first kappa shape index (κ1) is 16.3. The van der Waals surface area contributed by atoms with Gasteiger partial charge in [-0.2, -0.15) is 0 Å². The van der Waals surface area contributed by atoms with Crippen molar-refractivity contribution in [3.63, 3.8) is 0 Å². The molecule has 0 saturated carbocycles. The molecule has 2 aromatic rings. The lowest BCUT2D eigenvalue weighted by Gasteiger charge is -2.22. The van der Waals surface area contributed by atoms with Crippen molar-refractivity contribution in [3.05, 3.63) is 69.7 Å². The number of nitrogens with one attached hydrogen (secondary N) is 1. The number of rotatable bonds is 4. The summed E-state index contributed by atoms with van der Waals surface area (Å²) in [5.41, 5.74) is 4.25. The number of hydrogen-bond donors (Lipinski definition) is 1. The highest BCUT2D eigenvalue weighted by atomic mass is 79.9. The van der Waals surface area contributed by atoms with Crippen molar-refractivity contribution in [2.24, 2.45) is 0 Å². The van der Waals surface area contributed by atoms with Gasteiger partial charge in [-0.25, -0.2) is 0 Å². The molecule has 21 heavy (non-hydrogen) atoms. The van der Waals surface area contributed by atoms with Crippen LogP contribution >= 0.6 is 15.9 Å². The van der Waals surface area contributed by atoms with E-state index in [9.17, 15) is 0 Å². The Morgan fingerprint density at radius 1 is 1.00 bits per heavy atom. The predicted octanol–water partition coefficient (Wildman–Crippen LogP) is 5.25. The first-order valence-corrected chi connectivity index (χ1v) is 8.22. The van der Waals surface area contributed by atoms with Crippen LogP contribution < -0.4 is 5.32 Å². The maximum absolute atomic E-state index is 3.64. The molecule has 2 heteroatoms. The fraction of sp³-hybridized carbons (Fsp3) is 0.368. The zero-order valence-electron chi connectivity index (χ0n) is 13.3. The van der Waals surface area contributed by atoms with Gasteiger partial charge in [-0.05, 0) is 41.6 Å². The van der Waals surface area contributed by atoms with E-state index < -0.39 is 0 Å². The van der Waals surface area contributed by atoms with Crippen LogP contribution in [0.2, 0.25) is 0 Å². The summed E-state index contributed by atoms with van der Waals surface area (Å²) >= 11 is 3.64. The molecule has 0 fully saturated rings. The van der Waals surface area contributed by atoms with E-state index in [0.717, 1.165) is 6.42 Å². The quantitative estimate of drug-likeness (QED) is 0.797. The Labute approximate surface area is 136 Å². The molecule has 1 atom stereocenters. The Balaban J connectivity index is 2.20. The molecule has 0 spiro atoms. The molecule has 1 N–H and O–H groups in total. The van der Waals surface area contributed by atoms with Gasteiger partial charge in [-0.3, -0.25) is 0 Å². The molecule has 0 radical (unpaired) electrons. The van der Waals surface area contributed by atoms with Gasteiger partial charge in [0.1, 0.15) is 0 Å². The molecule has 2 rings (SSSR count). The first-order chi connectivity index (χ1) is 9.91. The van der Waals surface area contributed by atoms with E-state index in [0.29, 0.717) is 6.04 Å². The Morgan fingerprint density at radius 2 is 1.62 bits per heavy atom. The van der Waals surface area contributed by atoms with Gasteiger partial charge in [0, 0.05) is 10.5 Å². The monoisotopic (exact) mass is 345 g/mol. The molecule has 2 aromatic carbocycles. The number of benzene rings is 2. The molecule has 1 unspecified atom stereocenters. The highest BCUT2D eigenvalue weighted by Crippen LogP contribution is 2.27. The number of halogens is 1. The Morgan fingerprint density at radius 3 is 2.14 bits per heavy atom. The second-order valence-electron chi connectivity index (χ2n) is 6.51. The normalized spacial score (nSPS) is 13.2. The number of hydrogen-bond acceptors (Lipinski definition) is 1. The molecule has 0 aliphatic heterocycles. The third-order valence-electron chi connectivity index (χ3n) is 3.91.